The van der Waals surface area contributed by atoms with Crippen LogP contribution in [0.15, 0.2) is 34.3 Å². The molecule has 2 nitrogen and oxygen atoms in total. The van der Waals surface area contributed by atoms with Gasteiger partial charge in [-0.2, -0.15) is 5.26 Å². The average Bonchev–Trinajstić information content (AvgIpc) is 2.19. The third-order valence-electron chi connectivity index (χ3n) is 1.90. The van der Waals surface area contributed by atoms with Crippen molar-refractivity contribution >= 4 is 21.6 Å². The Balaban J connectivity index is 2.78. The largest absolute Gasteiger partial charge is 0.380 e. The quantitative estimate of drug-likeness (QED) is 0.846. The van der Waals surface area contributed by atoms with Crippen molar-refractivity contribution in [3.05, 3.63) is 39.9 Å². The first kappa shape index (κ1) is 11.8. The lowest BCUT2D eigenvalue weighted by molar-refractivity contribution is 1.26. The molecule has 15 heavy (non-hydrogen) atoms. The Morgan fingerprint density at radius 1 is 1.53 bits per heavy atom. The van der Waals surface area contributed by atoms with Gasteiger partial charge >= 0.3 is 0 Å². The second kappa shape index (κ2) is 5.57. The van der Waals surface area contributed by atoms with Gasteiger partial charge in [-0.1, -0.05) is 27.6 Å². The maximum atomic E-state index is 8.93. The predicted octanol–water partition coefficient (Wildman–Crippen LogP) is 3.70. The summed E-state index contributed by atoms with van der Waals surface area (Å²) in [4.78, 5) is 0. The van der Waals surface area contributed by atoms with Crippen molar-refractivity contribution in [1.29, 1.82) is 5.26 Å². The molecule has 78 valence electrons. The number of benzene rings is 1. The van der Waals surface area contributed by atoms with E-state index in [2.05, 4.69) is 47.2 Å². The molecule has 0 aliphatic carbocycles. The van der Waals surface area contributed by atoms with Gasteiger partial charge < -0.3 is 5.32 Å². The molecule has 0 bridgehead atoms. The standard InChI is InChI=1S/C12H13BrN2/c1-9(2)5-6-15-12-4-3-11(13)7-10(12)8-14/h3-5,7,15H,6H2,1-2H3. The molecule has 1 rings (SSSR count). The molecule has 0 heterocycles. The fourth-order valence-electron chi connectivity index (χ4n) is 1.13. The maximum Gasteiger partial charge on any atom is 0.101 e. The van der Waals surface area contributed by atoms with Crippen molar-refractivity contribution in [2.24, 2.45) is 0 Å². The first-order valence-corrected chi connectivity index (χ1v) is 5.49. The first-order valence-electron chi connectivity index (χ1n) is 4.70. The Morgan fingerprint density at radius 2 is 2.27 bits per heavy atom. The van der Waals surface area contributed by atoms with E-state index in [-0.39, 0.29) is 0 Å². The van der Waals surface area contributed by atoms with Crippen molar-refractivity contribution in [2.75, 3.05) is 11.9 Å². The van der Waals surface area contributed by atoms with Gasteiger partial charge in [0.1, 0.15) is 6.07 Å². The minimum absolute atomic E-state index is 0.659. The summed E-state index contributed by atoms with van der Waals surface area (Å²) in [7, 11) is 0. The lowest BCUT2D eigenvalue weighted by Crippen LogP contribution is -2.00. The first-order chi connectivity index (χ1) is 7.13. The summed E-state index contributed by atoms with van der Waals surface area (Å²) >= 11 is 3.34. The number of nitriles is 1. The molecule has 0 atom stereocenters. The van der Waals surface area contributed by atoms with Crippen molar-refractivity contribution in [3.8, 4) is 6.07 Å². The lowest BCUT2D eigenvalue weighted by Gasteiger charge is -2.06. The van der Waals surface area contributed by atoms with Gasteiger partial charge in [-0.15, -0.1) is 0 Å². The van der Waals surface area contributed by atoms with Gasteiger partial charge in [-0.05, 0) is 32.0 Å². The summed E-state index contributed by atoms with van der Waals surface area (Å²) in [6.07, 6.45) is 2.09. The van der Waals surface area contributed by atoms with Gasteiger partial charge in [-0.25, -0.2) is 0 Å². The van der Waals surface area contributed by atoms with E-state index in [4.69, 9.17) is 5.26 Å². The zero-order valence-electron chi connectivity index (χ0n) is 8.84. The third kappa shape index (κ3) is 3.77. The van der Waals surface area contributed by atoms with Gasteiger partial charge in [0.05, 0.1) is 11.3 Å². The molecule has 0 fully saturated rings. The number of nitrogens with one attached hydrogen (secondary N) is 1. The molecule has 1 aromatic carbocycles. The molecule has 0 spiro atoms. The molecule has 0 saturated heterocycles. The molecule has 0 saturated carbocycles. The smallest absolute Gasteiger partial charge is 0.101 e. The van der Waals surface area contributed by atoms with Crippen molar-refractivity contribution in [2.45, 2.75) is 13.8 Å². The molecule has 0 amide bonds. The maximum absolute atomic E-state index is 8.93. The van der Waals surface area contributed by atoms with Gasteiger partial charge in [0.15, 0.2) is 0 Å². The van der Waals surface area contributed by atoms with E-state index in [1.807, 2.05) is 18.2 Å². The van der Waals surface area contributed by atoms with E-state index in [1.165, 1.54) is 5.57 Å². The molecule has 0 aromatic heterocycles. The highest BCUT2D eigenvalue weighted by molar-refractivity contribution is 9.10. The van der Waals surface area contributed by atoms with Crippen LogP contribution in [-0.4, -0.2) is 6.54 Å². The molecule has 1 aromatic rings. The van der Waals surface area contributed by atoms with E-state index in [9.17, 15) is 0 Å². The third-order valence-corrected chi connectivity index (χ3v) is 2.40. The molecule has 0 aliphatic rings. The van der Waals surface area contributed by atoms with Crippen molar-refractivity contribution < 1.29 is 0 Å². The highest BCUT2D eigenvalue weighted by atomic mass is 79.9. The minimum atomic E-state index is 0.659. The fraction of sp³-hybridized carbons (Fsp3) is 0.250. The number of hydrogen-bond acceptors (Lipinski definition) is 2. The summed E-state index contributed by atoms with van der Waals surface area (Å²) in [5, 5.41) is 12.1. The van der Waals surface area contributed by atoms with Gasteiger partial charge in [0, 0.05) is 11.0 Å². The number of anilines is 1. The van der Waals surface area contributed by atoms with Gasteiger partial charge in [0.2, 0.25) is 0 Å². The van der Waals surface area contributed by atoms with E-state index in [1.54, 1.807) is 0 Å². The molecule has 1 N–H and O–H groups in total. The molecule has 0 aliphatic heterocycles. The van der Waals surface area contributed by atoms with E-state index in [0.717, 1.165) is 16.7 Å². The number of hydrogen-bond donors (Lipinski definition) is 1. The van der Waals surface area contributed by atoms with Gasteiger partial charge in [0.25, 0.3) is 0 Å². The Labute approximate surface area is 98.7 Å². The summed E-state index contributed by atoms with van der Waals surface area (Å²) in [5.74, 6) is 0. The van der Waals surface area contributed by atoms with Crippen LogP contribution in [0.3, 0.4) is 0 Å². The zero-order valence-corrected chi connectivity index (χ0v) is 10.4. The van der Waals surface area contributed by atoms with Crippen LogP contribution >= 0.6 is 15.9 Å². The summed E-state index contributed by atoms with van der Waals surface area (Å²) < 4.78 is 0.923. The second-order valence-corrected chi connectivity index (χ2v) is 4.38. The predicted molar refractivity (Wildman–Crippen MR) is 66.8 cm³/mol. The molecular weight excluding hydrogens is 252 g/mol. The topological polar surface area (TPSA) is 35.8 Å². The summed E-state index contributed by atoms with van der Waals surface area (Å²) in [5.41, 5.74) is 2.79. The minimum Gasteiger partial charge on any atom is -0.380 e. The Hall–Kier alpha value is -1.27. The van der Waals surface area contributed by atoms with Crippen LogP contribution in [0.5, 0.6) is 0 Å². The van der Waals surface area contributed by atoms with Crippen LogP contribution in [0.1, 0.15) is 19.4 Å². The van der Waals surface area contributed by atoms with E-state index in [0.29, 0.717) is 5.56 Å². The summed E-state index contributed by atoms with van der Waals surface area (Å²) in [6, 6.07) is 7.80. The Morgan fingerprint density at radius 3 is 2.87 bits per heavy atom. The zero-order chi connectivity index (χ0) is 11.3. The van der Waals surface area contributed by atoms with Crippen LogP contribution in [0.2, 0.25) is 0 Å². The highest BCUT2D eigenvalue weighted by Crippen LogP contribution is 2.19. The van der Waals surface area contributed by atoms with Crippen LogP contribution in [0, 0.1) is 11.3 Å². The van der Waals surface area contributed by atoms with Crippen molar-refractivity contribution in [3.63, 3.8) is 0 Å². The number of allylic oxidation sites excluding steroid dienone is 1. The van der Waals surface area contributed by atoms with Crippen LogP contribution in [0.25, 0.3) is 0 Å². The number of rotatable bonds is 3. The summed E-state index contributed by atoms with van der Waals surface area (Å²) in [6.45, 7) is 4.85. The average molecular weight is 265 g/mol. The second-order valence-electron chi connectivity index (χ2n) is 3.46. The number of halogens is 1. The molecule has 0 radical (unpaired) electrons. The van der Waals surface area contributed by atoms with Gasteiger partial charge in [-0.3, -0.25) is 0 Å². The van der Waals surface area contributed by atoms with Crippen molar-refractivity contribution in [1.82, 2.24) is 0 Å². The van der Waals surface area contributed by atoms with Crippen LogP contribution < -0.4 is 5.32 Å². The highest BCUT2D eigenvalue weighted by Gasteiger charge is 2.00. The Bertz CT molecular complexity index is 412. The fourth-order valence-corrected chi connectivity index (χ4v) is 1.49. The normalized spacial score (nSPS) is 9.20. The van der Waals surface area contributed by atoms with Crippen LogP contribution in [-0.2, 0) is 0 Å². The molecular formula is C12H13BrN2. The van der Waals surface area contributed by atoms with E-state index < -0.39 is 0 Å². The monoisotopic (exact) mass is 264 g/mol. The lowest BCUT2D eigenvalue weighted by atomic mass is 10.2. The Kier molecular flexibility index (Phi) is 4.38. The number of nitrogens with zero attached hydrogens (tertiary/aromatic N) is 1. The molecule has 0 unspecified atom stereocenters. The van der Waals surface area contributed by atoms with E-state index >= 15 is 0 Å². The molecule has 3 heteroatoms. The SMILES string of the molecule is CC(C)=CCNc1ccc(Br)cc1C#N. The van der Waals surface area contributed by atoms with Crippen LogP contribution in [0.4, 0.5) is 5.69 Å².